The van der Waals surface area contributed by atoms with E-state index in [1.165, 1.54) is 0 Å². The van der Waals surface area contributed by atoms with Gasteiger partial charge in [0, 0.05) is 43.8 Å². The van der Waals surface area contributed by atoms with Gasteiger partial charge in [0.1, 0.15) is 5.75 Å². The van der Waals surface area contributed by atoms with Crippen molar-refractivity contribution in [1.29, 1.82) is 0 Å². The number of rotatable bonds is 4. The first-order valence-corrected chi connectivity index (χ1v) is 9.15. The second kappa shape index (κ2) is 6.67. The lowest BCUT2D eigenvalue weighted by molar-refractivity contribution is -0.313. The summed E-state index contributed by atoms with van der Waals surface area (Å²) in [7, 11) is 1.64. The van der Waals surface area contributed by atoms with Crippen molar-refractivity contribution in [3.8, 4) is 5.75 Å². The number of benzene rings is 1. The maximum absolute atomic E-state index is 13.0. The van der Waals surface area contributed by atoms with Gasteiger partial charge in [0.15, 0.2) is 0 Å². The Hall–Kier alpha value is -2.50. The molecule has 6 nitrogen and oxygen atoms in total. The third-order valence-corrected chi connectivity index (χ3v) is 6.05. The smallest absolute Gasteiger partial charge is 0.227 e. The molecule has 1 amide bonds. The molecule has 1 aromatic carbocycles. The zero-order valence-corrected chi connectivity index (χ0v) is 14.8. The predicted octanol–water partition coefficient (Wildman–Crippen LogP) is 0.532. The highest BCUT2D eigenvalue weighted by atomic mass is 16.5. The van der Waals surface area contributed by atoms with E-state index in [-0.39, 0.29) is 17.7 Å². The lowest BCUT2D eigenvalue weighted by atomic mass is 9.82. The van der Waals surface area contributed by atoms with Gasteiger partial charge in [0.2, 0.25) is 5.91 Å². The molecule has 138 valence electrons. The first-order chi connectivity index (χ1) is 12.6. The van der Waals surface area contributed by atoms with Gasteiger partial charge in [-0.05, 0) is 42.5 Å². The van der Waals surface area contributed by atoms with Gasteiger partial charge in [0.25, 0.3) is 0 Å². The number of amides is 1. The van der Waals surface area contributed by atoms with Crippen LogP contribution in [0.1, 0.15) is 6.42 Å². The minimum Gasteiger partial charge on any atom is -0.550 e. The number of hydrogen-bond donors (Lipinski definition) is 0. The molecule has 1 aliphatic heterocycles. The van der Waals surface area contributed by atoms with E-state index in [1.807, 2.05) is 41.3 Å². The third kappa shape index (κ3) is 2.83. The first-order valence-electron chi connectivity index (χ1n) is 9.15. The summed E-state index contributed by atoms with van der Waals surface area (Å²) in [6, 6.07) is 7.89. The highest BCUT2D eigenvalue weighted by molar-refractivity contribution is 5.86. The minimum atomic E-state index is -1.09. The van der Waals surface area contributed by atoms with Crippen LogP contribution in [-0.2, 0) is 9.59 Å². The number of methoxy groups -OCH3 is 1. The molecule has 0 spiro atoms. The molecule has 0 radical (unpaired) electrons. The van der Waals surface area contributed by atoms with Crippen molar-refractivity contribution in [2.75, 3.05) is 38.2 Å². The summed E-state index contributed by atoms with van der Waals surface area (Å²) in [5, 5.41) is 11.5. The van der Waals surface area contributed by atoms with Crippen molar-refractivity contribution in [3.63, 3.8) is 0 Å². The SMILES string of the molecule is COc1ccc(N2CCN(C(=O)[C@H]3[C@@H](C(=O)[O-])[C@H]4C=C[C@@H]3C4)CC2)cc1. The van der Waals surface area contributed by atoms with Crippen LogP contribution >= 0.6 is 0 Å². The predicted molar refractivity (Wildman–Crippen MR) is 94.5 cm³/mol. The fourth-order valence-electron chi connectivity index (χ4n) is 4.67. The molecule has 4 atom stereocenters. The van der Waals surface area contributed by atoms with Crippen LogP contribution in [0.5, 0.6) is 5.75 Å². The van der Waals surface area contributed by atoms with E-state index in [4.69, 9.17) is 4.74 Å². The van der Waals surface area contributed by atoms with Crippen LogP contribution in [0.2, 0.25) is 0 Å². The van der Waals surface area contributed by atoms with Crippen molar-refractivity contribution in [2.24, 2.45) is 23.7 Å². The number of carboxylic acids is 1. The number of carbonyl (C=O) groups excluding carboxylic acids is 2. The van der Waals surface area contributed by atoms with Crippen LogP contribution in [0.25, 0.3) is 0 Å². The van der Waals surface area contributed by atoms with Gasteiger partial charge in [-0.1, -0.05) is 12.2 Å². The molecular formula is C20H23N2O4-. The normalized spacial score (nSPS) is 29.9. The number of fused-ring (bicyclic) bond motifs is 2. The van der Waals surface area contributed by atoms with Crippen LogP contribution < -0.4 is 14.7 Å². The third-order valence-electron chi connectivity index (χ3n) is 6.05. The number of anilines is 1. The van der Waals surface area contributed by atoms with E-state index in [2.05, 4.69) is 4.90 Å². The van der Waals surface area contributed by atoms with Gasteiger partial charge in [0.05, 0.1) is 13.0 Å². The van der Waals surface area contributed by atoms with Crippen molar-refractivity contribution in [1.82, 2.24) is 4.90 Å². The molecule has 1 aromatic rings. The molecule has 0 N–H and O–H groups in total. The Kier molecular flexibility index (Phi) is 4.34. The molecular weight excluding hydrogens is 332 g/mol. The fraction of sp³-hybridized carbons (Fsp3) is 0.500. The topological polar surface area (TPSA) is 72.9 Å². The summed E-state index contributed by atoms with van der Waals surface area (Å²) in [5.41, 5.74) is 1.10. The van der Waals surface area contributed by atoms with Crippen LogP contribution in [0.3, 0.4) is 0 Å². The average Bonchev–Trinajstić information content (AvgIpc) is 3.29. The fourth-order valence-corrected chi connectivity index (χ4v) is 4.67. The number of carboxylic acid groups (broad SMARTS) is 1. The lowest BCUT2D eigenvalue weighted by Crippen LogP contribution is -2.53. The Labute approximate surface area is 153 Å². The number of allylic oxidation sites excluding steroid dienone is 2. The maximum atomic E-state index is 13.0. The standard InChI is InChI=1S/C20H24N2O4/c1-26-16-6-4-15(5-7-16)21-8-10-22(11-9-21)19(23)17-13-2-3-14(12-13)18(17)20(24)25/h2-7,13-14,17-18H,8-12H2,1H3,(H,24,25)/p-1/t13-,14+,17-,18+/m1/s1. The minimum absolute atomic E-state index is 0.0227. The molecule has 1 heterocycles. The number of nitrogens with zero attached hydrogens (tertiary/aromatic N) is 2. The van der Waals surface area contributed by atoms with Gasteiger partial charge in [-0.3, -0.25) is 4.79 Å². The Balaban J connectivity index is 1.40. The molecule has 4 rings (SSSR count). The molecule has 2 aliphatic carbocycles. The maximum Gasteiger partial charge on any atom is 0.227 e. The number of hydrogen-bond acceptors (Lipinski definition) is 5. The monoisotopic (exact) mass is 355 g/mol. The molecule has 1 saturated carbocycles. The van der Waals surface area contributed by atoms with Crippen LogP contribution in [0.15, 0.2) is 36.4 Å². The second-order valence-electron chi connectivity index (χ2n) is 7.33. The van der Waals surface area contributed by atoms with Crippen LogP contribution in [0, 0.1) is 23.7 Å². The van der Waals surface area contributed by atoms with Gasteiger partial charge in [-0.15, -0.1) is 0 Å². The van der Waals surface area contributed by atoms with Gasteiger partial charge >= 0.3 is 0 Å². The Bertz CT molecular complexity index is 722. The van der Waals surface area contributed by atoms with E-state index in [9.17, 15) is 14.7 Å². The lowest BCUT2D eigenvalue weighted by Gasteiger charge is -2.39. The van der Waals surface area contributed by atoms with Crippen molar-refractivity contribution < 1.29 is 19.4 Å². The highest BCUT2D eigenvalue weighted by Gasteiger charge is 2.50. The van der Waals surface area contributed by atoms with E-state index in [0.717, 1.165) is 30.9 Å². The molecule has 6 heteroatoms. The molecule has 2 bridgehead atoms. The Morgan fingerprint density at radius 1 is 1.00 bits per heavy atom. The quantitative estimate of drug-likeness (QED) is 0.737. The first kappa shape index (κ1) is 16.9. The van der Waals surface area contributed by atoms with Crippen LogP contribution in [0.4, 0.5) is 5.69 Å². The highest BCUT2D eigenvalue weighted by Crippen LogP contribution is 2.48. The van der Waals surface area contributed by atoms with E-state index in [1.54, 1.807) is 7.11 Å². The van der Waals surface area contributed by atoms with Crippen molar-refractivity contribution >= 4 is 17.6 Å². The second-order valence-corrected chi connectivity index (χ2v) is 7.33. The summed E-state index contributed by atoms with van der Waals surface area (Å²) in [4.78, 5) is 28.6. The summed E-state index contributed by atoms with van der Waals surface area (Å²) in [6.07, 6.45) is 4.72. The summed E-state index contributed by atoms with van der Waals surface area (Å²) in [5.74, 6) is -1.41. The van der Waals surface area contributed by atoms with E-state index < -0.39 is 17.8 Å². The Morgan fingerprint density at radius 2 is 1.62 bits per heavy atom. The number of ether oxygens (including phenoxy) is 1. The average molecular weight is 355 g/mol. The van der Waals surface area contributed by atoms with Gasteiger partial charge in [-0.2, -0.15) is 0 Å². The van der Waals surface area contributed by atoms with E-state index in [0.29, 0.717) is 13.1 Å². The number of aliphatic carboxylic acids is 1. The summed E-state index contributed by atoms with van der Waals surface area (Å²) >= 11 is 0. The van der Waals surface area contributed by atoms with E-state index >= 15 is 0 Å². The van der Waals surface area contributed by atoms with Crippen LogP contribution in [-0.4, -0.2) is 50.1 Å². The molecule has 0 aromatic heterocycles. The molecule has 26 heavy (non-hydrogen) atoms. The molecule has 3 aliphatic rings. The molecule has 1 saturated heterocycles. The van der Waals surface area contributed by atoms with Crippen molar-refractivity contribution in [2.45, 2.75) is 6.42 Å². The number of piperazine rings is 1. The van der Waals surface area contributed by atoms with Gasteiger partial charge in [-0.25, -0.2) is 0 Å². The Morgan fingerprint density at radius 3 is 2.19 bits per heavy atom. The zero-order valence-electron chi connectivity index (χ0n) is 14.8. The zero-order chi connectivity index (χ0) is 18.3. The largest absolute Gasteiger partial charge is 0.550 e. The summed E-state index contributed by atoms with van der Waals surface area (Å²) in [6.45, 7) is 2.71. The number of carbonyl (C=O) groups is 2. The molecule has 0 unspecified atom stereocenters. The van der Waals surface area contributed by atoms with Crippen molar-refractivity contribution in [3.05, 3.63) is 36.4 Å². The molecule has 2 fully saturated rings. The van der Waals surface area contributed by atoms with Gasteiger partial charge < -0.3 is 24.4 Å². The summed E-state index contributed by atoms with van der Waals surface area (Å²) < 4.78 is 5.19.